The smallest absolute Gasteiger partial charge is 0.254 e. The van der Waals surface area contributed by atoms with Gasteiger partial charge in [-0.15, -0.1) is 0 Å². The molecule has 0 amide bonds. The average Bonchev–Trinajstić information content (AvgIpc) is 2.53. The van der Waals surface area contributed by atoms with Gasteiger partial charge in [0.2, 0.25) is 0 Å². The number of hydrogen-bond acceptors (Lipinski definition) is 2. The number of aliphatic hydroxyl groups is 1. The van der Waals surface area contributed by atoms with Crippen LogP contribution in [0.5, 0.6) is 0 Å². The number of nitrogens with one attached hydrogen (secondary N) is 1. The number of aryl methyl sites for hydroxylation is 1. The molecule has 1 aliphatic rings. The quantitative estimate of drug-likeness (QED) is 0.665. The van der Waals surface area contributed by atoms with Gasteiger partial charge in [-0.2, -0.15) is 0 Å². The summed E-state index contributed by atoms with van der Waals surface area (Å²) in [5.41, 5.74) is 3.24. The molecular weight excluding hydrogens is 166 g/mol. The molecule has 1 aliphatic carbocycles. The Morgan fingerprint density at radius 1 is 1.62 bits per heavy atom. The summed E-state index contributed by atoms with van der Waals surface area (Å²) in [6, 6.07) is 0. The number of rotatable bonds is 1. The molecule has 0 fully saturated rings. The predicted octanol–water partition coefficient (Wildman–Crippen LogP) is 0.745. The van der Waals surface area contributed by atoms with Crippen LogP contribution in [-0.2, 0) is 13.0 Å². The average molecular weight is 177 g/mol. The molecule has 0 radical (unpaired) electrons. The molecule has 0 saturated heterocycles. The topological polar surface area (TPSA) is 53.1 Å². The maximum absolute atomic E-state index is 11.4. The second-order valence-corrected chi connectivity index (χ2v) is 3.21. The van der Waals surface area contributed by atoms with E-state index in [1.54, 1.807) is 0 Å². The van der Waals surface area contributed by atoms with Crippen LogP contribution in [0, 0.1) is 6.92 Å². The zero-order valence-electron chi connectivity index (χ0n) is 7.42. The van der Waals surface area contributed by atoms with E-state index in [0.29, 0.717) is 5.56 Å². The van der Waals surface area contributed by atoms with Crippen molar-refractivity contribution in [3.8, 4) is 0 Å². The van der Waals surface area contributed by atoms with E-state index in [4.69, 9.17) is 5.11 Å². The molecule has 0 bridgehead atoms. The first-order valence-electron chi connectivity index (χ1n) is 4.26. The summed E-state index contributed by atoms with van der Waals surface area (Å²) >= 11 is 0. The monoisotopic (exact) mass is 177 g/mol. The number of aromatic nitrogens is 1. The van der Waals surface area contributed by atoms with E-state index in [2.05, 4.69) is 4.98 Å². The molecule has 0 unspecified atom stereocenters. The summed E-state index contributed by atoms with van der Waals surface area (Å²) in [6.45, 7) is 1.69. The van der Waals surface area contributed by atoms with Crippen molar-refractivity contribution in [3.63, 3.8) is 0 Å². The first-order valence-corrected chi connectivity index (χ1v) is 4.26. The van der Waals surface area contributed by atoms with Crippen molar-refractivity contribution in [2.75, 3.05) is 0 Å². The van der Waals surface area contributed by atoms with E-state index in [9.17, 15) is 4.79 Å². The van der Waals surface area contributed by atoms with E-state index >= 15 is 0 Å². The Morgan fingerprint density at radius 3 is 3.08 bits per heavy atom. The number of allylic oxidation sites excluding steroid dienone is 1. The zero-order chi connectivity index (χ0) is 9.42. The minimum absolute atomic E-state index is 0.176. The Kier molecular flexibility index (Phi) is 1.81. The van der Waals surface area contributed by atoms with Gasteiger partial charge in [-0.25, -0.2) is 0 Å². The van der Waals surface area contributed by atoms with E-state index in [1.807, 2.05) is 19.1 Å². The Labute approximate surface area is 75.7 Å². The molecule has 0 spiro atoms. The van der Waals surface area contributed by atoms with Crippen molar-refractivity contribution in [1.82, 2.24) is 4.98 Å². The van der Waals surface area contributed by atoms with Gasteiger partial charge in [-0.1, -0.05) is 12.2 Å². The molecule has 0 aromatic carbocycles. The highest BCUT2D eigenvalue weighted by atomic mass is 16.3. The Balaban J connectivity index is 2.78. The molecule has 0 atom stereocenters. The number of aliphatic hydroxyl groups excluding tert-OH is 1. The summed E-state index contributed by atoms with van der Waals surface area (Å²) in [5, 5.41) is 9.02. The fourth-order valence-electron chi connectivity index (χ4n) is 1.74. The third-order valence-corrected chi connectivity index (χ3v) is 2.44. The second kappa shape index (κ2) is 2.85. The van der Waals surface area contributed by atoms with Crippen LogP contribution in [0.1, 0.15) is 22.4 Å². The lowest BCUT2D eigenvalue weighted by molar-refractivity contribution is 0.279. The van der Waals surface area contributed by atoms with Crippen LogP contribution in [0.15, 0.2) is 10.9 Å². The molecule has 1 aromatic rings. The van der Waals surface area contributed by atoms with Crippen molar-refractivity contribution in [1.29, 1.82) is 0 Å². The zero-order valence-corrected chi connectivity index (χ0v) is 7.42. The van der Waals surface area contributed by atoms with E-state index in [0.717, 1.165) is 23.2 Å². The number of aromatic amines is 1. The van der Waals surface area contributed by atoms with Crippen molar-refractivity contribution in [2.24, 2.45) is 0 Å². The molecule has 1 aromatic heterocycles. The van der Waals surface area contributed by atoms with Crippen LogP contribution in [-0.4, -0.2) is 10.1 Å². The van der Waals surface area contributed by atoms with Crippen LogP contribution < -0.4 is 5.56 Å². The summed E-state index contributed by atoms with van der Waals surface area (Å²) in [7, 11) is 0. The minimum atomic E-state index is -0.192. The third-order valence-electron chi connectivity index (χ3n) is 2.44. The molecule has 3 nitrogen and oxygen atoms in total. The molecule has 3 heteroatoms. The maximum Gasteiger partial charge on any atom is 0.254 e. The Morgan fingerprint density at radius 2 is 2.38 bits per heavy atom. The van der Waals surface area contributed by atoms with Crippen LogP contribution in [0.25, 0.3) is 6.08 Å². The van der Waals surface area contributed by atoms with Gasteiger partial charge in [0.05, 0.1) is 12.2 Å². The van der Waals surface area contributed by atoms with Crippen LogP contribution in [0.2, 0.25) is 0 Å². The van der Waals surface area contributed by atoms with Crippen molar-refractivity contribution < 1.29 is 5.11 Å². The van der Waals surface area contributed by atoms with Crippen LogP contribution >= 0.6 is 0 Å². The maximum atomic E-state index is 11.4. The Hall–Kier alpha value is -1.35. The van der Waals surface area contributed by atoms with Crippen LogP contribution in [0.3, 0.4) is 0 Å². The number of H-pyrrole nitrogens is 1. The fraction of sp³-hybridized carbons (Fsp3) is 0.300. The van der Waals surface area contributed by atoms with Gasteiger partial charge in [-0.05, 0) is 24.5 Å². The van der Waals surface area contributed by atoms with Crippen LogP contribution in [0.4, 0.5) is 0 Å². The largest absolute Gasteiger partial charge is 0.391 e. The van der Waals surface area contributed by atoms with Crippen molar-refractivity contribution >= 4 is 6.08 Å². The first kappa shape index (κ1) is 8.26. The lowest BCUT2D eigenvalue weighted by atomic mass is 10.0. The lowest BCUT2D eigenvalue weighted by Gasteiger charge is -2.06. The van der Waals surface area contributed by atoms with Gasteiger partial charge in [0, 0.05) is 5.69 Å². The van der Waals surface area contributed by atoms with Gasteiger partial charge in [0.1, 0.15) is 0 Å². The van der Waals surface area contributed by atoms with Gasteiger partial charge in [0.25, 0.3) is 5.56 Å². The second-order valence-electron chi connectivity index (χ2n) is 3.21. The molecule has 13 heavy (non-hydrogen) atoms. The normalized spacial score (nSPS) is 13.4. The van der Waals surface area contributed by atoms with E-state index < -0.39 is 0 Å². The molecule has 68 valence electrons. The molecule has 0 saturated carbocycles. The highest BCUT2D eigenvalue weighted by Gasteiger charge is 2.15. The number of fused-ring (bicyclic) bond motifs is 1. The lowest BCUT2D eigenvalue weighted by Crippen LogP contribution is -2.17. The van der Waals surface area contributed by atoms with Crippen molar-refractivity contribution in [3.05, 3.63) is 38.8 Å². The Bertz CT molecular complexity index is 429. The summed E-state index contributed by atoms with van der Waals surface area (Å²) in [4.78, 5) is 14.1. The molecule has 0 aliphatic heterocycles. The third kappa shape index (κ3) is 1.12. The highest BCUT2D eigenvalue weighted by molar-refractivity contribution is 5.63. The fourth-order valence-corrected chi connectivity index (χ4v) is 1.74. The summed E-state index contributed by atoms with van der Waals surface area (Å²) < 4.78 is 0. The predicted molar refractivity (Wildman–Crippen MR) is 50.5 cm³/mol. The van der Waals surface area contributed by atoms with Gasteiger partial charge >= 0.3 is 0 Å². The summed E-state index contributed by atoms with van der Waals surface area (Å²) in [5.74, 6) is 0. The number of hydrogen-bond donors (Lipinski definition) is 2. The summed E-state index contributed by atoms with van der Waals surface area (Å²) in [6.07, 6.45) is 4.76. The molecule has 2 rings (SSSR count). The van der Waals surface area contributed by atoms with Crippen molar-refractivity contribution in [2.45, 2.75) is 20.0 Å². The molecule has 2 N–H and O–H groups in total. The van der Waals surface area contributed by atoms with E-state index in [-0.39, 0.29) is 12.2 Å². The van der Waals surface area contributed by atoms with Gasteiger partial charge < -0.3 is 10.1 Å². The highest BCUT2D eigenvalue weighted by Crippen LogP contribution is 2.22. The van der Waals surface area contributed by atoms with Gasteiger partial charge in [0.15, 0.2) is 0 Å². The SMILES string of the molecule is Cc1[nH]c(=O)c(CO)c2c1CC=C2. The minimum Gasteiger partial charge on any atom is -0.391 e. The molecule has 1 heterocycles. The van der Waals surface area contributed by atoms with E-state index in [1.165, 1.54) is 0 Å². The first-order chi connectivity index (χ1) is 6.24. The van der Waals surface area contributed by atoms with Gasteiger partial charge in [-0.3, -0.25) is 4.79 Å². The molecular formula is C10H11NO2. The number of pyridine rings is 1. The standard InChI is InChI=1S/C10H11NO2/c1-6-7-3-2-4-8(7)9(5-12)10(13)11-6/h2,4,12H,3,5H2,1H3,(H,11,13).